The molecule has 0 spiro atoms. The molecule has 1 heterocycles. The van der Waals surface area contributed by atoms with Gasteiger partial charge in [0.2, 0.25) is 5.89 Å². The minimum Gasteiger partial charge on any atom is -0.439 e. The van der Waals surface area contributed by atoms with E-state index in [4.69, 9.17) is 10.2 Å². The molecular weight excluding hydrogens is 262 g/mol. The van der Waals surface area contributed by atoms with E-state index in [9.17, 15) is 0 Å². The Morgan fingerprint density at radius 2 is 1.81 bits per heavy atom. The first-order valence-electron chi connectivity index (χ1n) is 6.95. The van der Waals surface area contributed by atoms with Crippen molar-refractivity contribution in [1.82, 2.24) is 4.98 Å². The highest BCUT2D eigenvalue weighted by molar-refractivity contribution is 5.76. The van der Waals surface area contributed by atoms with Gasteiger partial charge in [0, 0.05) is 18.4 Å². The number of hydrogen-bond donors (Lipinski definition) is 1. The summed E-state index contributed by atoms with van der Waals surface area (Å²) >= 11 is 0. The van der Waals surface area contributed by atoms with Crippen molar-refractivity contribution in [3.05, 3.63) is 53.4 Å². The van der Waals surface area contributed by atoms with Gasteiger partial charge >= 0.3 is 0 Å². The minimum atomic E-state index is 0.622. The summed E-state index contributed by atoms with van der Waals surface area (Å²) in [6.07, 6.45) is 0. The molecule has 3 rings (SSSR count). The molecule has 0 saturated carbocycles. The summed E-state index contributed by atoms with van der Waals surface area (Å²) in [5.41, 5.74) is 11.7. The van der Waals surface area contributed by atoms with Gasteiger partial charge in [0.15, 0.2) is 5.58 Å². The summed E-state index contributed by atoms with van der Waals surface area (Å²) in [4.78, 5) is 6.63. The lowest BCUT2D eigenvalue weighted by Gasteiger charge is -2.18. The van der Waals surface area contributed by atoms with Crippen molar-refractivity contribution in [3.8, 4) is 0 Å². The van der Waals surface area contributed by atoms with E-state index in [2.05, 4.69) is 41.9 Å². The molecule has 4 heteroatoms. The third-order valence-corrected chi connectivity index (χ3v) is 3.48. The maximum absolute atomic E-state index is 5.77. The number of nitrogen functional groups attached to an aromatic ring is 1. The molecule has 2 aromatic carbocycles. The molecule has 0 saturated heterocycles. The number of nitrogens with zero attached hydrogens (tertiary/aromatic N) is 2. The summed E-state index contributed by atoms with van der Waals surface area (Å²) in [5.74, 6) is 0.692. The van der Waals surface area contributed by atoms with Crippen molar-refractivity contribution in [3.63, 3.8) is 0 Å². The highest BCUT2D eigenvalue weighted by atomic mass is 16.3. The van der Waals surface area contributed by atoms with Crippen molar-refractivity contribution in [2.24, 2.45) is 0 Å². The zero-order chi connectivity index (χ0) is 15.0. The molecule has 0 fully saturated rings. The standard InChI is InChI=1S/C17H19N3O/c1-11-6-12(2)8-14(7-11)20(3)10-17-19-15-9-13(18)4-5-16(15)21-17/h4-9H,10,18H2,1-3H3. The number of oxazole rings is 1. The highest BCUT2D eigenvalue weighted by Crippen LogP contribution is 2.22. The van der Waals surface area contributed by atoms with E-state index in [0.29, 0.717) is 18.1 Å². The van der Waals surface area contributed by atoms with E-state index in [-0.39, 0.29) is 0 Å². The normalized spacial score (nSPS) is 11.0. The van der Waals surface area contributed by atoms with Crippen LogP contribution in [0.15, 0.2) is 40.8 Å². The SMILES string of the molecule is Cc1cc(C)cc(N(C)Cc2nc3cc(N)ccc3o2)c1. The Hall–Kier alpha value is -2.49. The average molecular weight is 281 g/mol. The molecule has 0 atom stereocenters. The lowest BCUT2D eigenvalue weighted by molar-refractivity contribution is 0.527. The van der Waals surface area contributed by atoms with Crippen molar-refractivity contribution >= 4 is 22.5 Å². The average Bonchev–Trinajstić information content (AvgIpc) is 2.78. The summed E-state index contributed by atoms with van der Waals surface area (Å²) in [7, 11) is 2.04. The molecular formula is C17H19N3O. The Morgan fingerprint density at radius 1 is 1.10 bits per heavy atom. The van der Waals surface area contributed by atoms with Gasteiger partial charge < -0.3 is 15.1 Å². The second kappa shape index (κ2) is 5.13. The van der Waals surface area contributed by atoms with Gasteiger partial charge in [-0.3, -0.25) is 0 Å². The quantitative estimate of drug-likeness (QED) is 0.744. The number of benzene rings is 2. The third kappa shape index (κ3) is 2.84. The molecule has 4 nitrogen and oxygen atoms in total. The van der Waals surface area contributed by atoms with Crippen LogP contribution in [0.3, 0.4) is 0 Å². The molecule has 0 aliphatic carbocycles. The molecule has 0 aliphatic rings. The maximum atomic E-state index is 5.77. The van der Waals surface area contributed by atoms with Crippen molar-refractivity contribution in [1.29, 1.82) is 0 Å². The summed E-state index contributed by atoms with van der Waals surface area (Å²) in [5, 5.41) is 0. The Morgan fingerprint density at radius 3 is 2.52 bits per heavy atom. The number of hydrogen-bond acceptors (Lipinski definition) is 4. The fourth-order valence-electron chi connectivity index (χ4n) is 2.53. The Kier molecular flexibility index (Phi) is 3.29. The van der Waals surface area contributed by atoms with Crippen LogP contribution < -0.4 is 10.6 Å². The molecule has 2 N–H and O–H groups in total. The monoisotopic (exact) mass is 281 g/mol. The molecule has 0 bridgehead atoms. The molecule has 0 unspecified atom stereocenters. The largest absolute Gasteiger partial charge is 0.439 e. The molecule has 1 aromatic heterocycles. The van der Waals surface area contributed by atoms with Crippen molar-refractivity contribution in [2.75, 3.05) is 17.7 Å². The minimum absolute atomic E-state index is 0.622. The molecule has 21 heavy (non-hydrogen) atoms. The van der Waals surface area contributed by atoms with E-state index in [1.54, 1.807) is 0 Å². The van der Waals surface area contributed by atoms with Gasteiger partial charge in [-0.15, -0.1) is 0 Å². The van der Waals surface area contributed by atoms with E-state index < -0.39 is 0 Å². The second-order valence-electron chi connectivity index (χ2n) is 5.54. The van der Waals surface area contributed by atoms with Crippen LogP contribution >= 0.6 is 0 Å². The van der Waals surface area contributed by atoms with E-state index in [0.717, 1.165) is 16.8 Å². The first-order valence-corrected chi connectivity index (χ1v) is 6.95. The fraction of sp³-hybridized carbons (Fsp3) is 0.235. The van der Waals surface area contributed by atoms with Crippen LogP contribution in [0.25, 0.3) is 11.1 Å². The van der Waals surface area contributed by atoms with Gasteiger partial charge in [-0.25, -0.2) is 4.98 Å². The van der Waals surface area contributed by atoms with Gasteiger partial charge in [-0.05, 0) is 55.3 Å². The van der Waals surface area contributed by atoms with Crippen LogP contribution in [0.4, 0.5) is 11.4 Å². The first-order chi connectivity index (χ1) is 10.0. The number of anilines is 2. The highest BCUT2D eigenvalue weighted by Gasteiger charge is 2.10. The Labute approximate surface area is 124 Å². The zero-order valence-electron chi connectivity index (χ0n) is 12.6. The van der Waals surface area contributed by atoms with Crippen LogP contribution in [0.2, 0.25) is 0 Å². The van der Waals surface area contributed by atoms with Crippen molar-refractivity contribution in [2.45, 2.75) is 20.4 Å². The molecule has 0 radical (unpaired) electrons. The summed E-state index contributed by atoms with van der Waals surface area (Å²) < 4.78 is 5.77. The summed E-state index contributed by atoms with van der Waals surface area (Å²) in [6, 6.07) is 12.0. The van der Waals surface area contributed by atoms with Gasteiger partial charge in [0.05, 0.1) is 6.54 Å². The van der Waals surface area contributed by atoms with Gasteiger partial charge in [-0.1, -0.05) is 6.07 Å². The van der Waals surface area contributed by atoms with Gasteiger partial charge in [0.25, 0.3) is 0 Å². The molecule has 3 aromatic rings. The molecule has 0 amide bonds. The molecule has 0 aliphatic heterocycles. The van der Waals surface area contributed by atoms with E-state index in [1.807, 2.05) is 25.2 Å². The first kappa shape index (κ1) is 13.5. The lowest BCUT2D eigenvalue weighted by atomic mass is 10.1. The van der Waals surface area contributed by atoms with E-state index in [1.165, 1.54) is 11.1 Å². The Bertz CT molecular complexity index is 772. The fourth-order valence-corrected chi connectivity index (χ4v) is 2.53. The lowest BCUT2D eigenvalue weighted by Crippen LogP contribution is -2.16. The van der Waals surface area contributed by atoms with Crippen LogP contribution in [-0.4, -0.2) is 12.0 Å². The van der Waals surface area contributed by atoms with Crippen LogP contribution in [0.5, 0.6) is 0 Å². The van der Waals surface area contributed by atoms with Crippen LogP contribution in [0, 0.1) is 13.8 Å². The smallest absolute Gasteiger partial charge is 0.215 e. The van der Waals surface area contributed by atoms with Crippen molar-refractivity contribution < 1.29 is 4.42 Å². The number of rotatable bonds is 3. The van der Waals surface area contributed by atoms with Crippen LogP contribution in [-0.2, 0) is 6.54 Å². The second-order valence-corrected chi connectivity index (χ2v) is 5.54. The number of aromatic nitrogens is 1. The predicted octanol–water partition coefficient (Wildman–Crippen LogP) is 3.66. The van der Waals surface area contributed by atoms with Gasteiger partial charge in [-0.2, -0.15) is 0 Å². The van der Waals surface area contributed by atoms with Crippen LogP contribution in [0.1, 0.15) is 17.0 Å². The topological polar surface area (TPSA) is 55.3 Å². The summed E-state index contributed by atoms with van der Waals surface area (Å²) in [6.45, 7) is 4.83. The molecule has 108 valence electrons. The number of nitrogens with two attached hydrogens (primary N) is 1. The predicted molar refractivity (Wildman–Crippen MR) is 86.4 cm³/mol. The maximum Gasteiger partial charge on any atom is 0.215 e. The third-order valence-electron chi connectivity index (χ3n) is 3.48. The Balaban J connectivity index is 1.86. The zero-order valence-corrected chi connectivity index (χ0v) is 12.6. The number of fused-ring (bicyclic) bond motifs is 1. The van der Waals surface area contributed by atoms with Gasteiger partial charge in [0.1, 0.15) is 5.52 Å². The van der Waals surface area contributed by atoms with E-state index >= 15 is 0 Å². The number of aryl methyl sites for hydroxylation is 2.